The molecule has 2 heterocycles. The summed E-state index contributed by atoms with van der Waals surface area (Å²) in [5.74, 6) is -0.236. The maximum absolute atomic E-state index is 9.00. The van der Waals surface area contributed by atoms with Gasteiger partial charge in [0.1, 0.15) is 5.58 Å². The summed E-state index contributed by atoms with van der Waals surface area (Å²) in [5.41, 5.74) is 2.44. The van der Waals surface area contributed by atoms with E-state index in [2.05, 4.69) is 9.97 Å². The average molecular weight is 569 g/mol. The molecule has 0 radical (unpaired) electrons. The summed E-state index contributed by atoms with van der Waals surface area (Å²) < 4.78 is 82.2. The van der Waals surface area contributed by atoms with E-state index < -0.39 is 30.2 Å². The minimum absolute atomic E-state index is 0.0216. The molecule has 0 bridgehead atoms. The number of para-hydroxylation sites is 1. The number of aromatic nitrogens is 3. The highest BCUT2D eigenvalue weighted by atomic mass is 35.5. The van der Waals surface area contributed by atoms with Crippen molar-refractivity contribution in [3.8, 4) is 45.3 Å². The number of rotatable bonds is 4. The van der Waals surface area contributed by atoms with Gasteiger partial charge in [-0.3, -0.25) is 0 Å². The molecule has 0 fully saturated rings. The topological polar surface area (TPSA) is 51.8 Å². The van der Waals surface area contributed by atoms with Crippen molar-refractivity contribution < 1.29 is 16.8 Å². The van der Waals surface area contributed by atoms with E-state index in [1.165, 1.54) is 12.1 Å². The molecule has 0 N–H and O–H groups in total. The number of nitrogens with zero attached hydrogens (tertiary/aromatic N) is 3. The van der Waals surface area contributed by atoms with Crippen molar-refractivity contribution in [1.82, 2.24) is 15.0 Å². The van der Waals surface area contributed by atoms with Crippen LogP contribution in [0.1, 0.15) is 12.3 Å². The molecule has 0 saturated carbocycles. The summed E-state index contributed by atoms with van der Waals surface area (Å²) in [6, 6.07) is 20.6. The van der Waals surface area contributed by atoms with Crippen molar-refractivity contribution in [2.24, 2.45) is 0 Å². The van der Waals surface area contributed by atoms with E-state index in [-0.39, 0.29) is 79.7 Å². The number of furan rings is 1. The lowest BCUT2D eigenvalue weighted by Crippen LogP contribution is -2.00. The van der Waals surface area contributed by atoms with E-state index in [9.17, 15) is 0 Å². The Balaban J connectivity index is 1.45. The number of halogens is 1. The molecule has 0 atom stereocenters. The SMILES string of the molecule is [2H]c1cc2c(oc3c([2H])cc([2H])c(-c4nc(-c5ccc6ccc(-c7ccccc7)cc6c5)nc(-c5c([2H])c([2H])c([2H])c([2H])c5[2H])n4)c32)c(Cl)c1[2H]. The van der Waals surface area contributed by atoms with Crippen LogP contribution in [-0.2, 0) is 0 Å². The van der Waals surface area contributed by atoms with Gasteiger partial charge in [0.25, 0.3) is 0 Å². The summed E-state index contributed by atoms with van der Waals surface area (Å²) in [7, 11) is 0. The Morgan fingerprint density at radius 2 is 1.31 bits per heavy atom. The number of fused-ring (bicyclic) bond motifs is 4. The van der Waals surface area contributed by atoms with Gasteiger partial charge in [0.15, 0.2) is 23.1 Å². The molecule has 0 unspecified atom stereocenters. The zero-order valence-corrected chi connectivity index (χ0v) is 22.4. The average Bonchev–Trinajstić information content (AvgIpc) is 3.51. The molecule has 0 aliphatic carbocycles. The fourth-order valence-corrected chi connectivity index (χ4v) is 5.23. The Hall–Kier alpha value is -5.32. The molecule has 0 amide bonds. The summed E-state index contributed by atoms with van der Waals surface area (Å²) in [5, 5.41) is 2.15. The minimum Gasteiger partial charge on any atom is -0.454 e. The second-order valence-electron chi connectivity index (χ2n) is 9.53. The molecule has 0 spiro atoms. The molecular weight excluding hydrogens is 538 g/mol. The van der Waals surface area contributed by atoms with E-state index in [4.69, 9.17) is 33.3 Å². The van der Waals surface area contributed by atoms with Crippen LogP contribution in [0.4, 0.5) is 0 Å². The Morgan fingerprint density at radius 1 is 0.571 bits per heavy atom. The van der Waals surface area contributed by atoms with E-state index in [1.807, 2.05) is 60.7 Å². The van der Waals surface area contributed by atoms with Crippen LogP contribution >= 0.6 is 11.6 Å². The van der Waals surface area contributed by atoms with Crippen molar-refractivity contribution in [2.45, 2.75) is 0 Å². The van der Waals surface area contributed by atoms with Crippen molar-refractivity contribution in [2.75, 3.05) is 0 Å². The second kappa shape index (κ2) is 9.95. The number of hydrogen-bond acceptors (Lipinski definition) is 4. The monoisotopic (exact) mass is 568 g/mol. The van der Waals surface area contributed by atoms with Crippen LogP contribution < -0.4 is 0 Å². The fourth-order valence-electron chi connectivity index (χ4n) is 5.03. The largest absolute Gasteiger partial charge is 0.454 e. The Morgan fingerprint density at radius 3 is 2.14 bits per heavy atom. The molecule has 2 aromatic heterocycles. The molecule has 198 valence electrons. The van der Waals surface area contributed by atoms with Gasteiger partial charge in [-0.1, -0.05) is 121 Å². The molecule has 5 heteroatoms. The van der Waals surface area contributed by atoms with Crippen LogP contribution in [0.15, 0.2) is 138 Å². The normalized spacial score (nSPS) is 14.5. The zero-order valence-electron chi connectivity index (χ0n) is 30.6. The highest BCUT2D eigenvalue weighted by molar-refractivity contribution is 6.36. The van der Waals surface area contributed by atoms with Gasteiger partial charge < -0.3 is 4.42 Å². The van der Waals surface area contributed by atoms with Gasteiger partial charge >= 0.3 is 0 Å². The quantitative estimate of drug-likeness (QED) is 0.212. The molecule has 4 nitrogen and oxygen atoms in total. The van der Waals surface area contributed by atoms with Crippen molar-refractivity contribution >= 4 is 44.3 Å². The van der Waals surface area contributed by atoms with Crippen LogP contribution in [0.5, 0.6) is 0 Å². The smallest absolute Gasteiger partial charge is 0.164 e. The van der Waals surface area contributed by atoms with E-state index in [0.717, 1.165) is 21.9 Å². The predicted octanol–water partition coefficient (Wildman–Crippen LogP) is 10.2. The first-order valence-electron chi connectivity index (χ1n) is 17.5. The molecule has 8 aromatic rings. The van der Waals surface area contributed by atoms with Crippen LogP contribution in [0.25, 0.3) is 78.0 Å². The van der Waals surface area contributed by atoms with Crippen molar-refractivity contribution in [1.29, 1.82) is 0 Å². The van der Waals surface area contributed by atoms with Gasteiger partial charge in [0, 0.05) is 27.5 Å². The van der Waals surface area contributed by atoms with Gasteiger partial charge in [-0.25, -0.2) is 15.0 Å². The maximum atomic E-state index is 9.00. The highest BCUT2D eigenvalue weighted by Gasteiger charge is 2.18. The number of hydrogen-bond donors (Lipinski definition) is 0. The van der Waals surface area contributed by atoms with Crippen molar-refractivity contribution in [3.05, 3.63) is 138 Å². The summed E-state index contributed by atoms with van der Waals surface area (Å²) >= 11 is 6.44. The van der Waals surface area contributed by atoms with Crippen LogP contribution in [0.3, 0.4) is 0 Å². The standard InChI is InChI=1S/C37H22ClN3O/c38-31-15-7-13-29-33-30(14-8-16-32(33)42-34(29)31)37-40-35(25-11-5-2-6-12-25)39-36(41-37)27-20-18-24-17-19-26(21-28(24)22-27)23-9-3-1-4-10-23/h1-22H/i2D,5D,6D,7D,11D,12D,14D,15D,16D. The lowest BCUT2D eigenvalue weighted by Gasteiger charge is -2.10. The summed E-state index contributed by atoms with van der Waals surface area (Å²) in [6.45, 7) is 0. The second-order valence-corrected chi connectivity index (χ2v) is 9.91. The van der Waals surface area contributed by atoms with Crippen LogP contribution in [0, 0.1) is 0 Å². The van der Waals surface area contributed by atoms with Gasteiger partial charge in [0.05, 0.1) is 17.4 Å². The lowest BCUT2D eigenvalue weighted by atomic mass is 9.99. The molecular formula is C37H22ClN3O. The number of benzene rings is 6. The molecule has 6 aromatic carbocycles. The Kier molecular flexibility index (Phi) is 3.99. The van der Waals surface area contributed by atoms with E-state index in [0.29, 0.717) is 5.56 Å². The molecule has 8 rings (SSSR count). The van der Waals surface area contributed by atoms with Gasteiger partial charge in [-0.2, -0.15) is 0 Å². The van der Waals surface area contributed by atoms with Crippen LogP contribution in [0.2, 0.25) is 5.02 Å². The first-order valence-corrected chi connectivity index (χ1v) is 13.4. The third kappa shape index (κ3) is 4.21. The van der Waals surface area contributed by atoms with E-state index in [1.54, 1.807) is 6.07 Å². The highest BCUT2D eigenvalue weighted by Crippen LogP contribution is 2.39. The van der Waals surface area contributed by atoms with Gasteiger partial charge in [-0.05, 0) is 46.1 Å². The van der Waals surface area contributed by atoms with E-state index >= 15 is 0 Å². The van der Waals surface area contributed by atoms with Gasteiger partial charge in [0.2, 0.25) is 0 Å². The first kappa shape index (κ1) is 16.8. The minimum atomic E-state index is -0.574. The lowest BCUT2D eigenvalue weighted by molar-refractivity contribution is 0.669. The Bertz CT molecular complexity index is 2740. The van der Waals surface area contributed by atoms with Crippen LogP contribution in [-0.4, -0.2) is 15.0 Å². The Labute approximate surface area is 259 Å². The van der Waals surface area contributed by atoms with Gasteiger partial charge in [-0.15, -0.1) is 0 Å². The molecule has 0 aliphatic rings. The summed E-state index contributed by atoms with van der Waals surface area (Å²) in [6.07, 6.45) is 0. The molecule has 0 aliphatic heterocycles. The fraction of sp³-hybridized carbons (Fsp3) is 0. The third-order valence-electron chi connectivity index (χ3n) is 7.00. The first-order chi connectivity index (χ1) is 24.4. The van der Waals surface area contributed by atoms with Crippen molar-refractivity contribution in [3.63, 3.8) is 0 Å². The third-order valence-corrected chi connectivity index (χ3v) is 7.27. The maximum Gasteiger partial charge on any atom is 0.164 e. The molecule has 0 saturated heterocycles. The summed E-state index contributed by atoms with van der Waals surface area (Å²) in [4.78, 5) is 14.0. The molecule has 42 heavy (non-hydrogen) atoms. The predicted molar refractivity (Wildman–Crippen MR) is 171 cm³/mol. The zero-order chi connectivity index (χ0) is 35.9.